The molecule has 8 aromatic carbocycles. The summed E-state index contributed by atoms with van der Waals surface area (Å²) in [5, 5.41) is 7.00. The largest absolute Gasteiger partial charge is 0.456 e. The van der Waals surface area contributed by atoms with Crippen LogP contribution < -0.4 is 0 Å². The lowest BCUT2D eigenvalue weighted by Gasteiger charge is -2.11. The molecule has 5 nitrogen and oxygen atoms in total. The second-order valence-corrected chi connectivity index (χ2v) is 15.4. The minimum Gasteiger partial charge on any atom is -0.456 e. The topological polar surface area (TPSA) is 56.7 Å². The first-order chi connectivity index (χ1) is 28.3. The lowest BCUT2D eigenvalue weighted by Crippen LogP contribution is -2.00. The van der Waals surface area contributed by atoms with Crippen molar-refractivity contribution in [1.82, 2.24) is 19.5 Å². The van der Waals surface area contributed by atoms with Gasteiger partial charge < -0.3 is 8.98 Å². The maximum absolute atomic E-state index is 6.31. The molecule has 0 saturated carbocycles. The molecule has 57 heavy (non-hydrogen) atoms. The summed E-state index contributed by atoms with van der Waals surface area (Å²) in [7, 11) is 0. The van der Waals surface area contributed by atoms with Crippen molar-refractivity contribution in [3.05, 3.63) is 182 Å². The normalized spacial score (nSPS) is 11.9. The van der Waals surface area contributed by atoms with Crippen LogP contribution in [0, 0.1) is 0 Å². The molecule has 0 atom stereocenters. The Balaban J connectivity index is 1.16. The van der Waals surface area contributed by atoms with Crippen molar-refractivity contribution in [2.24, 2.45) is 0 Å². The highest BCUT2D eigenvalue weighted by Crippen LogP contribution is 2.49. The Hall–Kier alpha value is -7.41. The molecule has 0 radical (unpaired) electrons. The fourth-order valence-electron chi connectivity index (χ4n) is 8.48. The third-order valence-corrected chi connectivity index (χ3v) is 12.3. The number of furan rings is 1. The highest BCUT2D eigenvalue weighted by atomic mass is 32.1. The SMILES string of the molecule is c1ccc(-c2nc(-c3ccc4c(c3)oc3ccccc34)nc(-c3cccc4c3sc3c4c(-c4ccccc4)cc4c5ccccc5n(-c5ccccc5)c43)n2)cc1. The molecule has 0 N–H and O–H groups in total. The van der Waals surface area contributed by atoms with Crippen molar-refractivity contribution in [3.63, 3.8) is 0 Å². The predicted octanol–water partition coefficient (Wildman–Crippen LogP) is 13.9. The van der Waals surface area contributed by atoms with Crippen LogP contribution in [0.4, 0.5) is 0 Å². The van der Waals surface area contributed by atoms with E-state index >= 15 is 0 Å². The monoisotopic (exact) mass is 746 g/mol. The van der Waals surface area contributed by atoms with Crippen LogP contribution in [0.15, 0.2) is 186 Å². The van der Waals surface area contributed by atoms with Gasteiger partial charge in [0.1, 0.15) is 11.2 Å². The molecule has 6 heteroatoms. The van der Waals surface area contributed by atoms with Crippen LogP contribution >= 0.6 is 11.3 Å². The zero-order chi connectivity index (χ0) is 37.5. The van der Waals surface area contributed by atoms with E-state index in [1.807, 2.05) is 47.7 Å². The van der Waals surface area contributed by atoms with E-state index in [1.54, 1.807) is 0 Å². The summed E-state index contributed by atoms with van der Waals surface area (Å²) in [6.45, 7) is 0. The summed E-state index contributed by atoms with van der Waals surface area (Å²) < 4.78 is 11.1. The number of hydrogen-bond donors (Lipinski definition) is 0. The smallest absolute Gasteiger partial charge is 0.165 e. The van der Waals surface area contributed by atoms with Crippen molar-refractivity contribution in [2.45, 2.75) is 0 Å². The molecule has 266 valence electrons. The highest BCUT2D eigenvalue weighted by molar-refractivity contribution is 7.27. The van der Waals surface area contributed by atoms with Gasteiger partial charge in [-0.1, -0.05) is 133 Å². The number of fused-ring (bicyclic) bond motifs is 10. The van der Waals surface area contributed by atoms with Crippen LogP contribution in [0.1, 0.15) is 0 Å². The Morgan fingerprint density at radius 2 is 1.04 bits per heavy atom. The van der Waals surface area contributed by atoms with Gasteiger partial charge in [-0.3, -0.25) is 0 Å². The first-order valence-electron chi connectivity index (χ1n) is 19.0. The quantitative estimate of drug-likeness (QED) is 0.176. The first kappa shape index (κ1) is 31.9. The van der Waals surface area contributed by atoms with Crippen LogP contribution in [0.25, 0.3) is 115 Å². The third-order valence-electron chi connectivity index (χ3n) is 11.0. The maximum atomic E-state index is 6.31. The Labute approximate surface area is 330 Å². The van der Waals surface area contributed by atoms with Gasteiger partial charge in [-0.05, 0) is 59.7 Å². The summed E-state index contributed by atoms with van der Waals surface area (Å²) in [4.78, 5) is 15.6. The summed E-state index contributed by atoms with van der Waals surface area (Å²) in [5.41, 5.74) is 10.3. The molecular weight excluding hydrogens is 717 g/mol. The van der Waals surface area contributed by atoms with Crippen molar-refractivity contribution in [1.29, 1.82) is 0 Å². The van der Waals surface area contributed by atoms with Crippen molar-refractivity contribution < 1.29 is 4.42 Å². The molecule has 0 aliphatic rings. The number of rotatable bonds is 5. The Bertz CT molecular complexity index is 3510. The highest BCUT2D eigenvalue weighted by Gasteiger charge is 2.24. The molecule has 0 bridgehead atoms. The first-order valence-corrected chi connectivity index (χ1v) is 19.8. The molecule has 0 fully saturated rings. The number of nitrogens with zero attached hydrogens (tertiary/aromatic N) is 4. The molecule has 0 aliphatic carbocycles. The van der Waals surface area contributed by atoms with Crippen LogP contribution in [0.2, 0.25) is 0 Å². The number of benzene rings is 8. The Kier molecular flexibility index (Phi) is 7.03. The van der Waals surface area contributed by atoms with E-state index < -0.39 is 0 Å². The summed E-state index contributed by atoms with van der Waals surface area (Å²) >= 11 is 1.82. The molecule has 4 heterocycles. The standard InChI is InChI=1S/C51H30N4OS/c1-4-15-31(16-5-1)40-30-41-35-21-10-12-25-42(35)55(34-19-8-3-9-20-34)46(41)48-45(40)38-23-14-24-39(47(38)57-48)51-53-49(32-17-6-2-7-18-32)52-50(54-51)33-27-28-37-36-22-11-13-26-43(36)56-44(37)29-33/h1-30H. The minimum atomic E-state index is 0.593. The van der Waals surface area contributed by atoms with Gasteiger partial charge in [-0.2, -0.15) is 0 Å². The fourth-order valence-corrected chi connectivity index (χ4v) is 9.85. The summed E-state index contributed by atoms with van der Waals surface area (Å²) in [5.74, 6) is 1.84. The summed E-state index contributed by atoms with van der Waals surface area (Å²) in [6.07, 6.45) is 0. The molecule has 0 spiro atoms. The van der Waals surface area contributed by atoms with Gasteiger partial charge in [-0.25, -0.2) is 15.0 Å². The van der Waals surface area contributed by atoms with E-state index in [4.69, 9.17) is 19.4 Å². The Morgan fingerprint density at radius 1 is 0.404 bits per heavy atom. The maximum Gasteiger partial charge on any atom is 0.165 e. The molecule has 0 amide bonds. The van der Waals surface area contributed by atoms with E-state index in [-0.39, 0.29) is 0 Å². The summed E-state index contributed by atoms with van der Waals surface area (Å²) in [6, 6.07) is 63.7. The molecule has 12 rings (SSSR count). The molecule has 0 saturated heterocycles. The molecule has 0 unspecified atom stereocenters. The van der Waals surface area contributed by atoms with E-state index in [1.165, 1.54) is 48.4 Å². The zero-order valence-electron chi connectivity index (χ0n) is 30.4. The second kappa shape index (κ2) is 12.6. The van der Waals surface area contributed by atoms with E-state index in [9.17, 15) is 0 Å². The van der Waals surface area contributed by atoms with E-state index in [0.717, 1.165) is 49.0 Å². The van der Waals surface area contributed by atoms with Crippen molar-refractivity contribution in [3.8, 4) is 51.0 Å². The van der Waals surface area contributed by atoms with Crippen LogP contribution in [-0.4, -0.2) is 19.5 Å². The molecule has 12 aromatic rings. The van der Waals surface area contributed by atoms with Crippen molar-refractivity contribution in [2.75, 3.05) is 0 Å². The lowest BCUT2D eigenvalue weighted by atomic mass is 9.96. The average Bonchev–Trinajstić information content (AvgIpc) is 3.96. The van der Waals surface area contributed by atoms with Crippen molar-refractivity contribution >= 4 is 75.3 Å². The van der Waals surface area contributed by atoms with E-state index in [0.29, 0.717) is 17.5 Å². The van der Waals surface area contributed by atoms with Gasteiger partial charge in [0.25, 0.3) is 0 Å². The fraction of sp³-hybridized carbons (Fsp3) is 0. The van der Waals surface area contributed by atoms with Crippen LogP contribution in [0.5, 0.6) is 0 Å². The zero-order valence-corrected chi connectivity index (χ0v) is 31.2. The number of thiophene rings is 1. The number of hydrogen-bond acceptors (Lipinski definition) is 5. The molecule has 0 aliphatic heterocycles. The van der Waals surface area contributed by atoms with Gasteiger partial charge in [0.15, 0.2) is 17.5 Å². The van der Waals surface area contributed by atoms with Gasteiger partial charge in [0, 0.05) is 59.4 Å². The Morgan fingerprint density at radius 3 is 1.84 bits per heavy atom. The van der Waals surface area contributed by atoms with Gasteiger partial charge in [0.05, 0.1) is 15.7 Å². The minimum absolute atomic E-state index is 0.593. The van der Waals surface area contributed by atoms with Crippen LogP contribution in [-0.2, 0) is 0 Å². The predicted molar refractivity (Wildman–Crippen MR) is 236 cm³/mol. The third kappa shape index (κ3) is 4.98. The lowest BCUT2D eigenvalue weighted by molar-refractivity contribution is 0.669. The van der Waals surface area contributed by atoms with Gasteiger partial charge in [-0.15, -0.1) is 11.3 Å². The molecular formula is C51H30N4OS. The molecule has 4 aromatic heterocycles. The van der Waals surface area contributed by atoms with Gasteiger partial charge >= 0.3 is 0 Å². The second-order valence-electron chi connectivity index (χ2n) is 14.3. The van der Waals surface area contributed by atoms with Crippen LogP contribution in [0.3, 0.4) is 0 Å². The number of aromatic nitrogens is 4. The number of para-hydroxylation sites is 3. The van der Waals surface area contributed by atoms with E-state index in [2.05, 4.69) is 150 Å². The van der Waals surface area contributed by atoms with Gasteiger partial charge in [0.2, 0.25) is 0 Å². The average molecular weight is 747 g/mol.